The van der Waals surface area contributed by atoms with E-state index in [0.717, 1.165) is 30.4 Å². The van der Waals surface area contributed by atoms with Crippen LogP contribution in [-0.4, -0.2) is 42.7 Å². The highest BCUT2D eigenvalue weighted by atomic mass is 28.4. The molecular formula is C45H66O3Si3. The molecule has 0 fully saturated rings. The molecule has 1 aliphatic rings. The van der Waals surface area contributed by atoms with Gasteiger partial charge in [-0.05, 0) is 76.6 Å². The molecule has 0 bridgehead atoms. The van der Waals surface area contributed by atoms with Gasteiger partial charge in [0.25, 0.3) is 8.32 Å². The molecule has 3 aromatic carbocycles. The average Bonchev–Trinajstić information content (AvgIpc) is 3.29. The number of ketones is 1. The summed E-state index contributed by atoms with van der Waals surface area (Å²) < 4.78 is 15.6. The van der Waals surface area contributed by atoms with Gasteiger partial charge >= 0.3 is 0 Å². The summed E-state index contributed by atoms with van der Waals surface area (Å²) in [6, 6.07) is 32.5. The first-order chi connectivity index (χ1) is 23.7. The minimum Gasteiger partial charge on any atom is -0.408 e. The SMILES string of the molecule is CCCCC1=C(C)[C@@H](c2ccccc2)/C(=C(/[C@@H](O[Si](C)(C)C(C)(C)C)[C@H](C)O[Si](c2ccccc2)(c2ccccc2)C(C)(C)C)[Si](C)(C)C)C1=O. The molecule has 0 aliphatic heterocycles. The maximum Gasteiger partial charge on any atom is 0.261 e. The lowest BCUT2D eigenvalue weighted by Gasteiger charge is -2.49. The zero-order chi connectivity index (χ0) is 38.0. The minimum atomic E-state index is -2.95. The molecule has 0 unspecified atom stereocenters. The molecule has 0 saturated carbocycles. The summed E-state index contributed by atoms with van der Waals surface area (Å²) in [5.74, 6) is 0.145. The van der Waals surface area contributed by atoms with E-state index in [9.17, 15) is 0 Å². The van der Waals surface area contributed by atoms with E-state index < -0.39 is 24.7 Å². The normalized spacial score (nSPS) is 18.6. The summed E-state index contributed by atoms with van der Waals surface area (Å²) in [6.45, 7) is 32.5. The molecule has 0 heterocycles. The van der Waals surface area contributed by atoms with Crippen LogP contribution >= 0.6 is 0 Å². The number of rotatable bonds is 13. The van der Waals surface area contributed by atoms with Crippen LogP contribution in [0.5, 0.6) is 0 Å². The summed E-state index contributed by atoms with van der Waals surface area (Å²) in [5, 5.41) is 3.50. The van der Waals surface area contributed by atoms with Crippen LogP contribution < -0.4 is 10.4 Å². The summed E-state index contributed by atoms with van der Waals surface area (Å²) in [5.41, 5.74) is 4.36. The lowest BCUT2D eigenvalue weighted by Crippen LogP contribution is -2.68. The number of allylic oxidation sites excluding steroid dienone is 3. The van der Waals surface area contributed by atoms with Crippen molar-refractivity contribution in [2.45, 2.75) is 143 Å². The molecule has 3 nitrogen and oxygen atoms in total. The van der Waals surface area contributed by atoms with Crippen LogP contribution in [0, 0.1) is 0 Å². The number of Topliss-reactive ketones (excluding diaryl/α,β-unsaturated/α-hetero) is 1. The summed E-state index contributed by atoms with van der Waals surface area (Å²) in [4.78, 5) is 15.1. The van der Waals surface area contributed by atoms with Gasteiger partial charge in [0.1, 0.15) is 0 Å². The highest BCUT2D eigenvalue weighted by Crippen LogP contribution is 2.49. The smallest absolute Gasteiger partial charge is 0.261 e. The zero-order valence-electron chi connectivity index (χ0n) is 34.2. The molecule has 0 saturated heterocycles. The van der Waals surface area contributed by atoms with Gasteiger partial charge in [-0.1, -0.05) is 171 Å². The number of carbonyl (C=O) groups excluding carboxylic acids is 1. The van der Waals surface area contributed by atoms with Crippen molar-refractivity contribution in [2.24, 2.45) is 0 Å². The van der Waals surface area contributed by atoms with E-state index in [1.807, 2.05) is 0 Å². The first kappa shape index (κ1) is 41.1. The Labute approximate surface area is 314 Å². The van der Waals surface area contributed by atoms with E-state index in [0.29, 0.717) is 0 Å². The van der Waals surface area contributed by atoms with Gasteiger partial charge < -0.3 is 8.85 Å². The number of hydrogen-bond acceptors (Lipinski definition) is 3. The number of carbonyl (C=O) groups is 1. The van der Waals surface area contributed by atoms with Gasteiger partial charge in [0.05, 0.1) is 20.3 Å². The van der Waals surface area contributed by atoms with Crippen molar-refractivity contribution in [2.75, 3.05) is 0 Å². The molecule has 0 spiro atoms. The Balaban J connectivity index is 2.08. The van der Waals surface area contributed by atoms with Gasteiger partial charge in [0.15, 0.2) is 14.1 Å². The van der Waals surface area contributed by atoms with E-state index in [1.54, 1.807) is 0 Å². The van der Waals surface area contributed by atoms with E-state index in [-0.39, 0.29) is 34.0 Å². The molecular weight excluding hydrogens is 673 g/mol. The van der Waals surface area contributed by atoms with Crippen LogP contribution in [0.25, 0.3) is 0 Å². The van der Waals surface area contributed by atoms with Gasteiger partial charge in [-0.3, -0.25) is 4.79 Å². The monoisotopic (exact) mass is 738 g/mol. The van der Waals surface area contributed by atoms with Gasteiger partial charge in [0, 0.05) is 11.5 Å². The predicted molar refractivity (Wildman–Crippen MR) is 227 cm³/mol. The van der Waals surface area contributed by atoms with Gasteiger partial charge in [-0.2, -0.15) is 0 Å². The van der Waals surface area contributed by atoms with Crippen molar-refractivity contribution in [3.8, 4) is 0 Å². The number of unbranched alkanes of at least 4 members (excludes halogenated alkanes) is 1. The van der Waals surface area contributed by atoms with Crippen molar-refractivity contribution in [3.63, 3.8) is 0 Å². The third kappa shape index (κ3) is 8.46. The average molecular weight is 739 g/mol. The fourth-order valence-electron chi connectivity index (χ4n) is 7.77. The molecule has 1 aliphatic carbocycles. The quantitative estimate of drug-likeness (QED) is 0.129. The Kier molecular flexibility index (Phi) is 12.7. The minimum absolute atomic E-state index is 0.0312. The maximum atomic E-state index is 15.1. The summed E-state index contributed by atoms with van der Waals surface area (Å²) in [7, 11) is -7.59. The lowest BCUT2D eigenvalue weighted by atomic mass is 9.88. The lowest BCUT2D eigenvalue weighted by molar-refractivity contribution is -0.112. The van der Waals surface area contributed by atoms with E-state index >= 15 is 4.79 Å². The Hall–Kier alpha value is -2.62. The van der Waals surface area contributed by atoms with E-state index in [2.05, 4.69) is 186 Å². The fourth-order valence-corrected chi connectivity index (χ4v) is 16.1. The predicted octanol–water partition coefficient (Wildman–Crippen LogP) is 11.4. The first-order valence-corrected chi connectivity index (χ1v) is 27.5. The molecule has 0 aromatic heterocycles. The third-order valence-electron chi connectivity index (χ3n) is 11.4. The molecule has 6 heteroatoms. The van der Waals surface area contributed by atoms with Crippen LogP contribution in [0.4, 0.5) is 0 Å². The van der Waals surface area contributed by atoms with Crippen molar-refractivity contribution in [1.29, 1.82) is 0 Å². The van der Waals surface area contributed by atoms with Gasteiger partial charge in [0.2, 0.25) is 0 Å². The fraction of sp³-hybridized carbons (Fsp3) is 0.489. The van der Waals surface area contributed by atoms with Crippen LogP contribution in [0.2, 0.25) is 42.8 Å². The zero-order valence-corrected chi connectivity index (χ0v) is 37.2. The van der Waals surface area contributed by atoms with Crippen molar-refractivity contribution in [3.05, 3.63) is 118 Å². The summed E-state index contributed by atoms with van der Waals surface area (Å²) >= 11 is 0. The van der Waals surface area contributed by atoms with Crippen molar-refractivity contribution in [1.82, 2.24) is 0 Å². The maximum absolute atomic E-state index is 15.1. The number of benzene rings is 3. The largest absolute Gasteiger partial charge is 0.408 e. The Bertz CT molecular complexity index is 1650. The van der Waals surface area contributed by atoms with Crippen LogP contribution in [0.1, 0.15) is 93.1 Å². The molecule has 0 N–H and O–H groups in total. The molecule has 0 radical (unpaired) electrons. The van der Waals surface area contributed by atoms with E-state index in [1.165, 1.54) is 26.7 Å². The molecule has 4 rings (SSSR count). The Morgan fingerprint density at radius 2 is 1.20 bits per heavy atom. The Morgan fingerprint density at radius 1 is 0.725 bits per heavy atom. The molecule has 0 amide bonds. The second-order valence-electron chi connectivity index (χ2n) is 18.3. The molecule has 276 valence electrons. The standard InChI is InChI=1S/C45H66O3Si3/c1-15-16-32-38-33(2)39(35-26-20-17-21-27-35)40(41(38)46)43(49(10,11)12)42(48-50(13,14)44(4,5)6)34(3)47-51(45(7,8)9,36-28-22-18-23-29-36)37-30-24-19-25-31-37/h17-31,34,39,42H,15-16,32H2,1-14H3/b43-40+/t34-,39-,42-/m0/s1. The molecule has 51 heavy (non-hydrogen) atoms. The second-order valence-corrected chi connectivity index (χ2v) is 32.3. The highest BCUT2D eigenvalue weighted by Gasteiger charge is 2.54. The van der Waals surface area contributed by atoms with Gasteiger partial charge in [-0.15, -0.1) is 0 Å². The molecule has 3 atom stereocenters. The van der Waals surface area contributed by atoms with Gasteiger partial charge in [-0.25, -0.2) is 0 Å². The first-order valence-electron chi connectivity index (χ1n) is 19.2. The van der Waals surface area contributed by atoms with Crippen LogP contribution in [0.15, 0.2) is 113 Å². The third-order valence-corrected chi connectivity index (χ3v) is 23.2. The second kappa shape index (κ2) is 15.8. The van der Waals surface area contributed by atoms with Crippen LogP contribution in [0.3, 0.4) is 0 Å². The van der Waals surface area contributed by atoms with Crippen molar-refractivity contribution >= 4 is 40.9 Å². The van der Waals surface area contributed by atoms with E-state index in [4.69, 9.17) is 8.85 Å². The van der Waals surface area contributed by atoms with Crippen molar-refractivity contribution < 1.29 is 13.6 Å². The van der Waals surface area contributed by atoms with Crippen LogP contribution in [-0.2, 0) is 13.6 Å². The number of hydrogen-bond donors (Lipinski definition) is 0. The Morgan fingerprint density at radius 3 is 1.61 bits per heavy atom. The topological polar surface area (TPSA) is 35.5 Å². The summed E-state index contributed by atoms with van der Waals surface area (Å²) in [6.07, 6.45) is 2.19. The highest BCUT2D eigenvalue weighted by molar-refractivity contribution is 6.99. The molecule has 3 aromatic rings.